The fourth-order valence-corrected chi connectivity index (χ4v) is 1.29. The van der Waals surface area contributed by atoms with E-state index in [0.717, 1.165) is 0 Å². The van der Waals surface area contributed by atoms with Gasteiger partial charge in [-0.15, -0.1) is 0 Å². The van der Waals surface area contributed by atoms with Crippen LogP contribution in [-0.2, 0) is 0 Å². The summed E-state index contributed by atoms with van der Waals surface area (Å²) in [6.45, 7) is 6.08. The molecule has 1 atom stereocenters. The molecule has 0 aliphatic carbocycles. The van der Waals surface area contributed by atoms with Gasteiger partial charge >= 0.3 is 0 Å². The Morgan fingerprint density at radius 3 is 2.36 bits per heavy atom. The highest BCUT2D eigenvalue weighted by Crippen LogP contribution is 2.35. The van der Waals surface area contributed by atoms with Gasteiger partial charge in [0.1, 0.15) is 5.75 Å². The summed E-state index contributed by atoms with van der Waals surface area (Å²) in [5, 5.41) is 9.63. The number of phenols is 1. The zero-order chi connectivity index (χ0) is 10.9. The minimum Gasteiger partial charge on any atom is -0.508 e. The average molecular weight is 194 g/mol. The van der Waals surface area contributed by atoms with Crippen molar-refractivity contribution in [3.05, 3.63) is 23.8 Å². The summed E-state index contributed by atoms with van der Waals surface area (Å²) < 4.78 is 0. The molecule has 0 saturated carbocycles. The van der Waals surface area contributed by atoms with E-state index in [4.69, 9.17) is 11.5 Å². The van der Waals surface area contributed by atoms with E-state index in [1.54, 1.807) is 18.2 Å². The van der Waals surface area contributed by atoms with Crippen LogP contribution in [0.4, 0.5) is 5.69 Å². The van der Waals surface area contributed by atoms with E-state index < -0.39 is 0 Å². The number of aromatic hydroxyl groups is 1. The van der Waals surface area contributed by atoms with Gasteiger partial charge in [-0.25, -0.2) is 0 Å². The molecule has 0 unspecified atom stereocenters. The summed E-state index contributed by atoms with van der Waals surface area (Å²) in [6.07, 6.45) is 0. The van der Waals surface area contributed by atoms with Crippen molar-refractivity contribution in [1.29, 1.82) is 0 Å². The van der Waals surface area contributed by atoms with Crippen molar-refractivity contribution in [2.75, 3.05) is 5.73 Å². The largest absolute Gasteiger partial charge is 0.508 e. The van der Waals surface area contributed by atoms with Crippen LogP contribution in [0.2, 0.25) is 0 Å². The topological polar surface area (TPSA) is 72.3 Å². The Kier molecular flexibility index (Phi) is 2.71. The van der Waals surface area contributed by atoms with E-state index in [9.17, 15) is 5.11 Å². The van der Waals surface area contributed by atoms with Crippen molar-refractivity contribution in [2.24, 2.45) is 11.1 Å². The lowest BCUT2D eigenvalue weighted by molar-refractivity contribution is 0.318. The second-order valence-electron chi connectivity index (χ2n) is 4.66. The summed E-state index contributed by atoms with van der Waals surface area (Å²) >= 11 is 0. The fourth-order valence-electron chi connectivity index (χ4n) is 1.29. The molecule has 0 amide bonds. The highest BCUT2D eigenvalue weighted by molar-refractivity contribution is 5.48. The van der Waals surface area contributed by atoms with Gasteiger partial charge in [0.2, 0.25) is 0 Å². The molecule has 5 N–H and O–H groups in total. The maximum Gasteiger partial charge on any atom is 0.120 e. The third-order valence-corrected chi connectivity index (χ3v) is 2.32. The first-order chi connectivity index (χ1) is 6.32. The SMILES string of the molecule is CC(C)(C)[C@@H](N)c1cc(N)ccc1O. The molecule has 3 nitrogen and oxygen atoms in total. The summed E-state index contributed by atoms with van der Waals surface area (Å²) in [5.74, 6) is 0.210. The lowest BCUT2D eigenvalue weighted by atomic mass is 9.82. The lowest BCUT2D eigenvalue weighted by Crippen LogP contribution is -2.26. The normalized spacial score (nSPS) is 14.0. The Morgan fingerprint density at radius 2 is 1.86 bits per heavy atom. The van der Waals surface area contributed by atoms with E-state index in [2.05, 4.69) is 0 Å². The quantitative estimate of drug-likeness (QED) is 0.473. The predicted octanol–water partition coefficient (Wildman–Crippen LogP) is 2.02. The van der Waals surface area contributed by atoms with Gasteiger partial charge in [-0.3, -0.25) is 0 Å². The minimum absolute atomic E-state index is 0.0920. The number of anilines is 1. The molecule has 78 valence electrons. The summed E-state index contributed by atoms with van der Waals surface area (Å²) in [5.41, 5.74) is 12.9. The van der Waals surface area contributed by atoms with Crippen molar-refractivity contribution in [1.82, 2.24) is 0 Å². The van der Waals surface area contributed by atoms with Crippen LogP contribution < -0.4 is 11.5 Å². The van der Waals surface area contributed by atoms with Crippen LogP contribution in [0.15, 0.2) is 18.2 Å². The van der Waals surface area contributed by atoms with Gasteiger partial charge in [0.25, 0.3) is 0 Å². The minimum atomic E-state index is -0.217. The molecule has 0 radical (unpaired) electrons. The van der Waals surface area contributed by atoms with Gasteiger partial charge in [-0.05, 0) is 23.6 Å². The molecular formula is C11H18N2O. The first-order valence-corrected chi connectivity index (χ1v) is 4.66. The lowest BCUT2D eigenvalue weighted by Gasteiger charge is -2.28. The maximum atomic E-state index is 9.63. The standard InChI is InChI=1S/C11H18N2O/c1-11(2,3)10(13)8-6-7(12)4-5-9(8)14/h4-6,10,14H,12-13H2,1-3H3/t10-/m0/s1. The number of hydrogen-bond acceptors (Lipinski definition) is 3. The monoisotopic (exact) mass is 194 g/mol. The van der Waals surface area contributed by atoms with E-state index >= 15 is 0 Å². The molecule has 0 spiro atoms. The van der Waals surface area contributed by atoms with Gasteiger partial charge in [-0.2, -0.15) is 0 Å². The third-order valence-electron chi connectivity index (χ3n) is 2.32. The van der Waals surface area contributed by atoms with Crippen LogP contribution in [0.1, 0.15) is 32.4 Å². The fraction of sp³-hybridized carbons (Fsp3) is 0.455. The van der Waals surface area contributed by atoms with Gasteiger partial charge in [-0.1, -0.05) is 20.8 Å². The van der Waals surface area contributed by atoms with E-state index in [1.165, 1.54) is 0 Å². The van der Waals surface area contributed by atoms with Crippen LogP contribution in [-0.4, -0.2) is 5.11 Å². The van der Waals surface area contributed by atoms with Crippen LogP contribution in [0, 0.1) is 5.41 Å². The van der Waals surface area contributed by atoms with E-state index in [1.807, 2.05) is 20.8 Å². The number of benzene rings is 1. The van der Waals surface area contributed by atoms with Crippen molar-refractivity contribution < 1.29 is 5.11 Å². The molecule has 0 bridgehead atoms. The number of rotatable bonds is 1. The Hall–Kier alpha value is -1.22. The highest BCUT2D eigenvalue weighted by atomic mass is 16.3. The number of phenolic OH excluding ortho intramolecular Hbond substituents is 1. The third kappa shape index (κ3) is 2.17. The van der Waals surface area contributed by atoms with Gasteiger partial charge in [0.15, 0.2) is 0 Å². The van der Waals surface area contributed by atoms with Crippen LogP contribution >= 0.6 is 0 Å². The number of nitrogen functional groups attached to an aromatic ring is 1. The molecular weight excluding hydrogens is 176 g/mol. The number of hydrogen-bond donors (Lipinski definition) is 3. The Labute approximate surface area is 84.7 Å². The predicted molar refractivity (Wildman–Crippen MR) is 58.9 cm³/mol. The molecule has 1 aromatic rings. The highest BCUT2D eigenvalue weighted by Gasteiger charge is 2.24. The first kappa shape index (κ1) is 10.9. The van der Waals surface area contributed by atoms with Crippen molar-refractivity contribution >= 4 is 5.69 Å². The summed E-state index contributed by atoms with van der Waals surface area (Å²) in [7, 11) is 0. The molecule has 0 heterocycles. The van der Waals surface area contributed by atoms with E-state index in [0.29, 0.717) is 11.3 Å². The second-order valence-corrected chi connectivity index (χ2v) is 4.66. The molecule has 0 aliphatic rings. The molecule has 1 aromatic carbocycles. The first-order valence-electron chi connectivity index (χ1n) is 4.66. The molecule has 0 saturated heterocycles. The van der Waals surface area contributed by atoms with E-state index in [-0.39, 0.29) is 17.2 Å². The molecule has 3 heteroatoms. The molecule has 1 rings (SSSR count). The van der Waals surface area contributed by atoms with Crippen LogP contribution in [0.25, 0.3) is 0 Å². The van der Waals surface area contributed by atoms with Gasteiger partial charge in [0.05, 0.1) is 0 Å². The Balaban J connectivity index is 3.12. The smallest absolute Gasteiger partial charge is 0.120 e. The second kappa shape index (κ2) is 3.50. The maximum absolute atomic E-state index is 9.63. The number of nitrogens with two attached hydrogens (primary N) is 2. The van der Waals surface area contributed by atoms with Crippen molar-refractivity contribution in [2.45, 2.75) is 26.8 Å². The Morgan fingerprint density at radius 1 is 1.29 bits per heavy atom. The van der Waals surface area contributed by atoms with Crippen molar-refractivity contribution in [3.8, 4) is 5.75 Å². The van der Waals surface area contributed by atoms with Crippen molar-refractivity contribution in [3.63, 3.8) is 0 Å². The molecule has 0 aliphatic heterocycles. The average Bonchev–Trinajstić information content (AvgIpc) is 2.06. The molecule has 14 heavy (non-hydrogen) atoms. The summed E-state index contributed by atoms with van der Waals surface area (Å²) in [4.78, 5) is 0. The van der Waals surface area contributed by atoms with Gasteiger partial charge in [0, 0.05) is 17.3 Å². The zero-order valence-electron chi connectivity index (χ0n) is 8.91. The zero-order valence-corrected chi connectivity index (χ0v) is 8.91. The van der Waals surface area contributed by atoms with Crippen LogP contribution in [0.5, 0.6) is 5.75 Å². The van der Waals surface area contributed by atoms with Crippen LogP contribution in [0.3, 0.4) is 0 Å². The Bertz CT molecular complexity index is 329. The molecule has 0 fully saturated rings. The molecule has 0 aromatic heterocycles. The van der Waals surface area contributed by atoms with Gasteiger partial charge < -0.3 is 16.6 Å². The summed E-state index contributed by atoms with van der Waals surface area (Å²) in [6, 6.07) is 4.75.